The predicted octanol–water partition coefficient (Wildman–Crippen LogP) is 5.90. The topological polar surface area (TPSA) is 77.0 Å². The minimum atomic E-state index is -0.527. The largest absolute Gasteiger partial charge is 0.489 e. The van der Waals surface area contributed by atoms with Crippen LogP contribution in [0.15, 0.2) is 108 Å². The Bertz CT molecular complexity index is 1320. The van der Waals surface area contributed by atoms with Gasteiger partial charge in [-0.2, -0.15) is 5.10 Å². The van der Waals surface area contributed by atoms with Crippen LogP contribution in [0.1, 0.15) is 31.8 Å². The second-order valence-corrected chi connectivity index (χ2v) is 7.87. The smallest absolute Gasteiger partial charge is 0.343 e. The molecule has 0 atom stereocenters. The van der Waals surface area contributed by atoms with Crippen LogP contribution < -0.4 is 14.9 Å². The zero-order valence-electron chi connectivity index (χ0n) is 18.6. The van der Waals surface area contributed by atoms with Gasteiger partial charge in [-0.05, 0) is 66.2 Å². The summed E-state index contributed by atoms with van der Waals surface area (Å²) in [6, 6.07) is 29.9. The van der Waals surface area contributed by atoms with E-state index >= 15 is 0 Å². The normalized spacial score (nSPS) is 10.7. The zero-order chi connectivity index (χ0) is 24.5. The van der Waals surface area contributed by atoms with Crippen molar-refractivity contribution in [1.82, 2.24) is 5.43 Å². The van der Waals surface area contributed by atoms with Crippen LogP contribution in [-0.4, -0.2) is 18.1 Å². The number of nitrogens with zero attached hydrogens (tertiary/aromatic N) is 1. The highest BCUT2D eigenvalue weighted by atomic mass is 35.5. The number of esters is 1. The van der Waals surface area contributed by atoms with Gasteiger partial charge in [-0.3, -0.25) is 4.79 Å². The van der Waals surface area contributed by atoms with E-state index in [9.17, 15) is 9.59 Å². The molecular formula is C28H21ClN2O4. The summed E-state index contributed by atoms with van der Waals surface area (Å²) in [5.41, 5.74) is 4.86. The zero-order valence-corrected chi connectivity index (χ0v) is 19.3. The molecule has 174 valence electrons. The monoisotopic (exact) mass is 484 g/mol. The lowest BCUT2D eigenvalue weighted by molar-refractivity contribution is 0.0734. The summed E-state index contributed by atoms with van der Waals surface area (Å²) in [5, 5.41) is 4.53. The lowest BCUT2D eigenvalue weighted by atomic mass is 10.2. The number of hydrazone groups is 1. The van der Waals surface area contributed by atoms with E-state index in [1.54, 1.807) is 72.8 Å². The third-order valence-corrected chi connectivity index (χ3v) is 5.19. The highest BCUT2D eigenvalue weighted by molar-refractivity contribution is 6.30. The Morgan fingerprint density at radius 2 is 1.46 bits per heavy atom. The molecule has 4 rings (SSSR count). The number of nitrogens with one attached hydrogen (secondary N) is 1. The number of halogens is 1. The van der Waals surface area contributed by atoms with Gasteiger partial charge in [0.2, 0.25) is 0 Å². The highest BCUT2D eigenvalue weighted by Gasteiger charge is 2.11. The molecule has 0 heterocycles. The Morgan fingerprint density at radius 1 is 0.800 bits per heavy atom. The van der Waals surface area contributed by atoms with E-state index in [1.807, 2.05) is 30.3 Å². The van der Waals surface area contributed by atoms with Gasteiger partial charge in [-0.1, -0.05) is 54.1 Å². The molecule has 0 aliphatic carbocycles. The first-order chi connectivity index (χ1) is 17.1. The van der Waals surface area contributed by atoms with Crippen LogP contribution in [0.25, 0.3) is 0 Å². The van der Waals surface area contributed by atoms with Gasteiger partial charge in [0.05, 0.1) is 11.8 Å². The van der Waals surface area contributed by atoms with Crippen LogP contribution in [0.3, 0.4) is 0 Å². The fourth-order valence-corrected chi connectivity index (χ4v) is 3.22. The second kappa shape index (κ2) is 11.6. The summed E-state index contributed by atoms with van der Waals surface area (Å²) >= 11 is 5.86. The maximum atomic E-state index is 12.4. The lowest BCUT2D eigenvalue weighted by Gasteiger charge is -2.08. The van der Waals surface area contributed by atoms with Crippen LogP contribution in [0, 0.1) is 0 Å². The molecule has 0 saturated heterocycles. The summed E-state index contributed by atoms with van der Waals surface area (Å²) in [5.74, 6) is 0.0586. The molecule has 4 aromatic carbocycles. The fourth-order valence-electron chi connectivity index (χ4n) is 3.09. The molecular weight excluding hydrogens is 464 g/mol. The molecule has 4 aromatic rings. The summed E-state index contributed by atoms with van der Waals surface area (Å²) in [6.45, 7) is 0.443. The van der Waals surface area contributed by atoms with E-state index in [4.69, 9.17) is 21.1 Å². The van der Waals surface area contributed by atoms with Crippen molar-refractivity contribution in [3.63, 3.8) is 0 Å². The Balaban J connectivity index is 1.34. The van der Waals surface area contributed by atoms with Crippen molar-refractivity contribution in [2.24, 2.45) is 5.10 Å². The minimum absolute atomic E-state index is 0.311. The van der Waals surface area contributed by atoms with Crippen LogP contribution in [-0.2, 0) is 6.61 Å². The molecule has 1 amide bonds. The average molecular weight is 485 g/mol. The molecule has 0 fully saturated rings. The van der Waals surface area contributed by atoms with Crippen molar-refractivity contribution < 1.29 is 19.1 Å². The molecule has 0 saturated carbocycles. The van der Waals surface area contributed by atoms with E-state index in [1.165, 1.54) is 6.21 Å². The number of para-hydroxylation sites is 1. The average Bonchev–Trinajstić information content (AvgIpc) is 2.89. The first kappa shape index (κ1) is 23.7. The highest BCUT2D eigenvalue weighted by Crippen LogP contribution is 2.19. The van der Waals surface area contributed by atoms with Crippen molar-refractivity contribution in [1.29, 1.82) is 0 Å². The fraction of sp³-hybridized carbons (Fsp3) is 0.0357. The van der Waals surface area contributed by atoms with E-state index in [2.05, 4.69) is 10.5 Å². The quantitative estimate of drug-likeness (QED) is 0.146. The Hall–Kier alpha value is -4.42. The van der Waals surface area contributed by atoms with Gasteiger partial charge < -0.3 is 9.47 Å². The van der Waals surface area contributed by atoms with Crippen LogP contribution in [0.2, 0.25) is 5.02 Å². The number of carbonyl (C=O) groups excluding carboxylic acids is 2. The Kier molecular flexibility index (Phi) is 7.88. The molecule has 0 spiro atoms. The predicted molar refractivity (Wildman–Crippen MR) is 135 cm³/mol. The molecule has 0 unspecified atom stereocenters. The molecule has 1 N–H and O–H groups in total. The number of amides is 1. The Morgan fingerprint density at radius 3 is 2.20 bits per heavy atom. The maximum absolute atomic E-state index is 12.4. The van der Waals surface area contributed by atoms with Gasteiger partial charge in [0.25, 0.3) is 5.91 Å². The minimum Gasteiger partial charge on any atom is -0.489 e. The molecule has 35 heavy (non-hydrogen) atoms. The van der Waals surface area contributed by atoms with Gasteiger partial charge in [0.1, 0.15) is 18.1 Å². The molecule has 0 aliphatic heterocycles. The van der Waals surface area contributed by atoms with Crippen molar-refractivity contribution in [2.45, 2.75) is 6.61 Å². The third-order valence-electron chi connectivity index (χ3n) is 4.94. The maximum Gasteiger partial charge on any atom is 0.343 e. The summed E-state index contributed by atoms with van der Waals surface area (Å²) in [6.07, 6.45) is 1.42. The number of hydrogen-bond donors (Lipinski definition) is 1. The van der Waals surface area contributed by atoms with Crippen molar-refractivity contribution in [3.05, 3.63) is 130 Å². The first-order valence-corrected chi connectivity index (χ1v) is 11.1. The summed E-state index contributed by atoms with van der Waals surface area (Å²) < 4.78 is 11.2. The lowest BCUT2D eigenvalue weighted by Crippen LogP contribution is -2.17. The van der Waals surface area contributed by atoms with Crippen LogP contribution in [0.4, 0.5) is 0 Å². The summed E-state index contributed by atoms with van der Waals surface area (Å²) in [7, 11) is 0. The SMILES string of the molecule is O=C(NN=Cc1ccccc1OC(=O)c1ccc(Cl)cc1)c1ccc(OCc2ccccc2)cc1. The molecule has 0 bridgehead atoms. The van der Waals surface area contributed by atoms with Gasteiger partial charge in [-0.15, -0.1) is 0 Å². The molecule has 7 heteroatoms. The summed E-state index contributed by atoms with van der Waals surface area (Å²) in [4.78, 5) is 24.8. The van der Waals surface area contributed by atoms with Crippen LogP contribution >= 0.6 is 11.6 Å². The van der Waals surface area contributed by atoms with Crippen molar-refractivity contribution in [2.75, 3.05) is 0 Å². The number of benzene rings is 4. The number of hydrogen-bond acceptors (Lipinski definition) is 5. The molecule has 6 nitrogen and oxygen atoms in total. The van der Waals surface area contributed by atoms with E-state index in [0.29, 0.717) is 39.8 Å². The van der Waals surface area contributed by atoms with E-state index in [0.717, 1.165) is 5.56 Å². The third kappa shape index (κ3) is 6.79. The number of rotatable bonds is 8. The van der Waals surface area contributed by atoms with Gasteiger partial charge in [-0.25, -0.2) is 10.2 Å². The Labute approximate surface area is 207 Å². The second-order valence-electron chi connectivity index (χ2n) is 7.43. The van der Waals surface area contributed by atoms with Crippen LogP contribution in [0.5, 0.6) is 11.5 Å². The van der Waals surface area contributed by atoms with Gasteiger partial charge >= 0.3 is 5.97 Å². The number of ether oxygens (including phenoxy) is 2. The van der Waals surface area contributed by atoms with E-state index in [-0.39, 0.29) is 5.91 Å². The van der Waals surface area contributed by atoms with Crippen molar-refractivity contribution in [3.8, 4) is 11.5 Å². The molecule has 0 aliphatic rings. The first-order valence-electron chi connectivity index (χ1n) is 10.8. The standard InChI is InChI=1S/C28H21ClN2O4/c29-24-14-10-22(11-15-24)28(33)35-26-9-5-4-8-23(26)18-30-31-27(32)21-12-16-25(17-13-21)34-19-20-6-2-1-3-7-20/h1-18H,19H2,(H,31,32). The van der Waals surface area contributed by atoms with E-state index < -0.39 is 5.97 Å². The molecule has 0 radical (unpaired) electrons. The number of carbonyl (C=O) groups is 2. The van der Waals surface area contributed by atoms with Gasteiger partial charge in [0.15, 0.2) is 0 Å². The molecule has 0 aromatic heterocycles. The van der Waals surface area contributed by atoms with Crippen molar-refractivity contribution >= 4 is 29.7 Å². The van der Waals surface area contributed by atoms with Gasteiger partial charge in [0, 0.05) is 16.1 Å².